The highest BCUT2D eigenvalue weighted by Crippen LogP contribution is 2.23. The second kappa shape index (κ2) is 14.7. The Bertz CT molecular complexity index is 1320. The summed E-state index contributed by atoms with van der Waals surface area (Å²) in [4.78, 5) is 26.4. The molecule has 1 aliphatic heterocycles. The number of halogens is 6. The summed E-state index contributed by atoms with van der Waals surface area (Å²) in [6.07, 6.45) is -3.96. The molecule has 40 heavy (non-hydrogen) atoms. The first kappa shape index (κ1) is 31.7. The van der Waals surface area contributed by atoms with E-state index in [4.69, 9.17) is 44.7 Å². The number of nitrogens with zero attached hydrogens (tertiary/aromatic N) is 2. The molecule has 3 aromatic carbocycles. The summed E-state index contributed by atoms with van der Waals surface area (Å²) in [6.45, 7) is 5.90. The van der Waals surface area contributed by atoms with E-state index in [-0.39, 0.29) is 5.91 Å². The Hall–Kier alpha value is -2.82. The number of alkyl halides is 3. The Morgan fingerprint density at radius 1 is 0.800 bits per heavy atom. The fraction of sp³-hybridized carbons (Fsp3) is 0.286. The van der Waals surface area contributed by atoms with Crippen molar-refractivity contribution in [1.82, 2.24) is 9.80 Å². The number of amides is 1. The van der Waals surface area contributed by atoms with Gasteiger partial charge in [0.2, 0.25) is 0 Å². The quantitative estimate of drug-likeness (QED) is 0.306. The highest BCUT2D eigenvalue weighted by molar-refractivity contribution is 6.42. The summed E-state index contributed by atoms with van der Waals surface area (Å²) >= 11 is 18.1. The topological polar surface area (TPSA) is 72.9 Å². The number of rotatable bonds is 6. The molecule has 0 bridgehead atoms. The fourth-order valence-corrected chi connectivity index (χ4v) is 4.59. The summed E-state index contributed by atoms with van der Waals surface area (Å²) < 4.78 is 31.7. The molecule has 4 rings (SSSR count). The second-order valence-corrected chi connectivity index (χ2v) is 10.4. The van der Waals surface area contributed by atoms with Gasteiger partial charge in [-0.1, -0.05) is 59.1 Å². The first-order valence-electron chi connectivity index (χ1n) is 12.3. The fourth-order valence-electron chi connectivity index (χ4n) is 4.08. The van der Waals surface area contributed by atoms with Crippen molar-refractivity contribution in [3.8, 4) is 0 Å². The smallest absolute Gasteiger partial charge is 0.475 e. The van der Waals surface area contributed by atoms with Crippen molar-refractivity contribution < 1.29 is 27.9 Å². The van der Waals surface area contributed by atoms with Crippen LogP contribution in [0.5, 0.6) is 0 Å². The molecule has 0 radical (unpaired) electrons. The van der Waals surface area contributed by atoms with Crippen LogP contribution in [-0.2, 0) is 17.9 Å². The van der Waals surface area contributed by atoms with E-state index < -0.39 is 12.1 Å². The van der Waals surface area contributed by atoms with E-state index in [1.165, 1.54) is 11.1 Å². The predicted octanol–water partition coefficient (Wildman–Crippen LogP) is 7.24. The second-order valence-electron chi connectivity index (χ2n) is 9.12. The number of carboxylic acids is 1. The largest absolute Gasteiger partial charge is 0.490 e. The highest BCUT2D eigenvalue weighted by Gasteiger charge is 2.38. The SMILES string of the molecule is O=C(Nc1cccc(CN2CCCN(Cc3cccc(Cl)c3)CC2)c1)c1ccc(Cl)c(Cl)c1.O=C(O)C(F)(F)F. The minimum atomic E-state index is -5.08. The van der Waals surface area contributed by atoms with Crippen LogP contribution < -0.4 is 5.32 Å². The van der Waals surface area contributed by atoms with Gasteiger partial charge >= 0.3 is 12.1 Å². The highest BCUT2D eigenvalue weighted by atomic mass is 35.5. The lowest BCUT2D eigenvalue weighted by molar-refractivity contribution is -0.192. The van der Waals surface area contributed by atoms with E-state index in [0.29, 0.717) is 15.6 Å². The molecule has 214 valence electrons. The Morgan fingerprint density at radius 3 is 1.93 bits per heavy atom. The maximum atomic E-state index is 12.6. The Kier molecular flexibility index (Phi) is 11.7. The summed E-state index contributed by atoms with van der Waals surface area (Å²) in [6, 6.07) is 21.0. The molecule has 0 aromatic heterocycles. The molecule has 1 fully saturated rings. The normalized spacial score (nSPS) is 14.6. The van der Waals surface area contributed by atoms with Gasteiger partial charge in [-0.25, -0.2) is 4.79 Å². The third-order valence-electron chi connectivity index (χ3n) is 5.99. The van der Waals surface area contributed by atoms with Gasteiger partial charge in [0.1, 0.15) is 0 Å². The number of carboxylic acid groups (broad SMARTS) is 1. The molecule has 0 aliphatic carbocycles. The molecule has 0 spiro atoms. The van der Waals surface area contributed by atoms with Crippen LogP contribution in [0, 0.1) is 0 Å². The Morgan fingerprint density at radius 2 is 1.38 bits per heavy atom. The van der Waals surface area contributed by atoms with Crippen molar-refractivity contribution in [2.45, 2.75) is 25.7 Å². The lowest BCUT2D eigenvalue weighted by Gasteiger charge is -2.22. The van der Waals surface area contributed by atoms with Crippen LogP contribution in [0.3, 0.4) is 0 Å². The van der Waals surface area contributed by atoms with Crippen LogP contribution in [0.4, 0.5) is 18.9 Å². The van der Waals surface area contributed by atoms with Crippen LogP contribution in [0.2, 0.25) is 15.1 Å². The zero-order valence-corrected chi connectivity index (χ0v) is 23.5. The van der Waals surface area contributed by atoms with Crippen LogP contribution in [0.25, 0.3) is 0 Å². The van der Waals surface area contributed by atoms with Gasteiger partial charge in [-0.2, -0.15) is 13.2 Å². The van der Waals surface area contributed by atoms with Gasteiger partial charge in [0.15, 0.2) is 0 Å². The number of hydrogen-bond acceptors (Lipinski definition) is 4. The molecule has 1 saturated heterocycles. The first-order valence-corrected chi connectivity index (χ1v) is 13.4. The molecule has 1 amide bonds. The minimum Gasteiger partial charge on any atom is -0.475 e. The molecule has 1 aliphatic rings. The lowest BCUT2D eigenvalue weighted by Crippen LogP contribution is -2.30. The van der Waals surface area contributed by atoms with Crippen molar-refractivity contribution in [2.75, 3.05) is 31.5 Å². The molecule has 1 heterocycles. The summed E-state index contributed by atoms with van der Waals surface area (Å²) in [5, 5.41) is 11.7. The van der Waals surface area contributed by atoms with Gasteiger partial charge in [-0.15, -0.1) is 0 Å². The maximum absolute atomic E-state index is 12.6. The van der Waals surface area contributed by atoms with Gasteiger partial charge in [0, 0.05) is 42.5 Å². The van der Waals surface area contributed by atoms with Gasteiger partial charge in [0.25, 0.3) is 5.91 Å². The Balaban J connectivity index is 0.000000559. The van der Waals surface area contributed by atoms with E-state index in [1.54, 1.807) is 18.2 Å². The third-order valence-corrected chi connectivity index (χ3v) is 6.97. The van der Waals surface area contributed by atoms with Crippen LogP contribution in [0.15, 0.2) is 66.7 Å². The minimum absolute atomic E-state index is 0.211. The molecule has 3 aromatic rings. The van der Waals surface area contributed by atoms with E-state index in [1.807, 2.05) is 36.4 Å². The van der Waals surface area contributed by atoms with Gasteiger partial charge in [0.05, 0.1) is 10.0 Å². The average molecular weight is 617 g/mol. The van der Waals surface area contributed by atoms with Crippen molar-refractivity contribution in [2.24, 2.45) is 0 Å². The number of nitrogens with one attached hydrogen (secondary N) is 1. The van der Waals surface area contributed by atoms with E-state index in [0.717, 1.165) is 56.4 Å². The molecule has 0 unspecified atom stereocenters. The number of carbonyl (C=O) groups excluding carboxylic acids is 1. The van der Waals surface area contributed by atoms with Gasteiger partial charge < -0.3 is 10.4 Å². The summed E-state index contributed by atoms with van der Waals surface area (Å²) in [7, 11) is 0. The van der Waals surface area contributed by atoms with E-state index in [9.17, 15) is 18.0 Å². The lowest BCUT2D eigenvalue weighted by atomic mass is 10.1. The van der Waals surface area contributed by atoms with Crippen molar-refractivity contribution >= 4 is 52.4 Å². The zero-order chi connectivity index (χ0) is 29.3. The predicted molar refractivity (Wildman–Crippen MR) is 151 cm³/mol. The number of anilines is 1. The zero-order valence-electron chi connectivity index (χ0n) is 21.2. The third kappa shape index (κ3) is 10.3. The number of aliphatic carboxylic acids is 1. The average Bonchev–Trinajstić information content (AvgIpc) is 3.10. The molecular weight excluding hydrogens is 590 g/mol. The molecular formula is C28H27Cl3F3N3O3. The summed E-state index contributed by atoms with van der Waals surface area (Å²) in [5.41, 5.74) is 3.66. The summed E-state index contributed by atoms with van der Waals surface area (Å²) in [5.74, 6) is -2.97. The van der Waals surface area contributed by atoms with E-state index >= 15 is 0 Å². The van der Waals surface area contributed by atoms with Gasteiger partial charge in [-0.3, -0.25) is 14.6 Å². The van der Waals surface area contributed by atoms with E-state index in [2.05, 4.69) is 27.2 Å². The van der Waals surface area contributed by atoms with Crippen LogP contribution in [-0.4, -0.2) is 59.1 Å². The number of carbonyl (C=O) groups is 2. The molecule has 0 atom stereocenters. The van der Waals surface area contributed by atoms with Crippen LogP contribution in [0.1, 0.15) is 27.9 Å². The van der Waals surface area contributed by atoms with Crippen molar-refractivity contribution in [3.63, 3.8) is 0 Å². The molecule has 2 N–H and O–H groups in total. The van der Waals surface area contributed by atoms with Gasteiger partial charge in [-0.05, 0) is 73.1 Å². The molecule has 0 saturated carbocycles. The molecule has 6 nitrogen and oxygen atoms in total. The monoisotopic (exact) mass is 615 g/mol. The van der Waals surface area contributed by atoms with Crippen molar-refractivity contribution in [3.05, 3.63) is 98.5 Å². The number of benzene rings is 3. The Labute approximate surface area is 245 Å². The maximum Gasteiger partial charge on any atom is 0.490 e. The standard InChI is InChI=1S/C26H26Cl3N3O.C2HF3O2/c27-22-6-1-4-19(14-22)17-31-10-3-11-32(13-12-31)18-20-5-2-7-23(15-20)30-26(33)21-8-9-24(28)25(29)16-21;3-2(4,5)1(6)7/h1-2,4-9,14-16H,3,10-13,17-18H2,(H,30,33);(H,6,7). The molecule has 12 heteroatoms. The van der Waals surface area contributed by atoms with Crippen LogP contribution >= 0.6 is 34.8 Å². The van der Waals surface area contributed by atoms with Crippen molar-refractivity contribution in [1.29, 1.82) is 0 Å². The number of hydrogen-bond donors (Lipinski definition) is 2. The first-order chi connectivity index (χ1) is 18.9.